The Bertz CT molecular complexity index is 1570. The monoisotopic (exact) mass is 700 g/mol. The maximum atomic E-state index is 14.8. The fourth-order valence-corrected chi connectivity index (χ4v) is 13.4. The van der Waals surface area contributed by atoms with Crippen LogP contribution in [0.25, 0.3) is 0 Å². The lowest BCUT2D eigenvalue weighted by atomic mass is 9.33. The second-order valence-electron chi connectivity index (χ2n) is 19.7. The first-order chi connectivity index (χ1) is 24.0. The Hall–Kier alpha value is -2.54. The number of allylic oxidation sites excluding steroid dienone is 2. The van der Waals surface area contributed by atoms with E-state index in [0.29, 0.717) is 24.3 Å². The highest BCUT2D eigenvalue weighted by Crippen LogP contribution is 2.75. The van der Waals surface area contributed by atoms with Crippen molar-refractivity contribution in [2.24, 2.45) is 50.2 Å². The van der Waals surface area contributed by atoms with Gasteiger partial charge in [-0.2, -0.15) is 0 Å². The van der Waals surface area contributed by atoms with Crippen LogP contribution >= 0.6 is 0 Å². The van der Waals surface area contributed by atoms with Crippen molar-refractivity contribution in [3.05, 3.63) is 41.7 Å². The lowest BCUT2D eigenvalue weighted by Crippen LogP contribution is -2.66. The molecule has 0 spiro atoms. The molecule has 4 saturated carbocycles. The summed E-state index contributed by atoms with van der Waals surface area (Å²) in [5.41, 5.74) is 1.43. The third-order valence-electron chi connectivity index (χ3n) is 16.6. The molecule has 1 aromatic heterocycles. The third kappa shape index (κ3) is 5.76. The molecular weight excluding hydrogens is 636 g/mol. The van der Waals surface area contributed by atoms with Crippen LogP contribution < -0.4 is 0 Å². The Morgan fingerprint density at radius 2 is 1.71 bits per heavy atom. The van der Waals surface area contributed by atoms with Crippen molar-refractivity contribution in [3.63, 3.8) is 0 Å². The van der Waals surface area contributed by atoms with Crippen LogP contribution in [0.15, 0.2) is 36.2 Å². The molecule has 0 N–H and O–H groups in total. The molecule has 7 rings (SSSR count). The van der Waals surface area contributed by atoms with Crippen molar-refractivity contribution >= 4 is 17.7 Å². The van der Waals surface area contributed by atoms with Crippen LogP contribution in [0.1, 0.15) is 144 Å². The van der Waals surface area contributed by atoms with Crippen LogP contribution in [0.2, 0.25) is 0 Å². The van der Waals surface area contributed by atoms with E-state index < -0.39 is 5.41 Å². The van der Waals surface area contributed by atoms with Crippen LogP contribution in [-0.4, -0.2) is 53.4 Å². The van der Waals surface area contributed by atoms with Gasteiger partial charge in [-0.3, -0.25) is 24.3 Å². The topological polar surface area (TPSA) is 85.8 Å². The number of carbonyl (C=O) groups is 3. The zero-order valence-corrected chi connectivity index (χ0v) is 32.8. The van der Waals surface area contributed by atoms with Gasteiger partial charge in [0.1, 0.15) is 12.7 Å². The second kappa shape index (κ2) is 12.8. The van der Waals surface area contributed by atoms with Crippen molar-refractivity contribution in [3.8, 4) is 0 Å². The Balaban J connectivity index is 1.11. The van der Waals surface area contributed by atoms with Crippen molar-refractivity contribution in [2.75, 3.05) is 19.7 Å². The third-order valence-corrected chi connectivity index (χ3v) is 16.6. The number of aromatic nitrogens is 1. The van der Waals surface area contributed by atoms with E-state index in [9.17, 15) is 14.4 Å². The van der Waals surface area contributed by atoms with Gasteiger partial charge in [-0.15, -0.1) is 0 Å². The van der Waals surface area contributed by atoms with E-state index in [4.69, 9.17) is 9.47 Å². The zero-order chi connectivity index (χ0) is 36.6. The van der Waals surface area contributed by atoms with E-state index in [1.54, 1.807) is 0 Å². The van der Waals surface area contributed by atoms with Gasteiger partial charge < -0.3 is 9.47 Å². The molecule has 0 unspecified atom stereocenters. The van der Waals surface area contributed by atoms with Crippen molar-refractivity contribution < 1.29 is 23.9 Å². The number of hydrogen-bond acceptors (Lipinski definition) is 7. The van der Waals surface area contributed by atoms with Crippen LogP contribution in [0.3, 0.4) is 0 Å². The van der Waals surface area contributed by atoms with Gasteiger partial charge in [-0.25, -0.2) is 0 Å². The predicted molar refractivity (Wildman–Crippen MR) is 198 cm³/mol. The summed E-state index contributed by atoms with van der Waals surface area (Å²) in [6.07, 6.45) is 17.8. The summed E-state index contributed by atoms with van der Waals surface area (Å²) in [6.45, 7) is 20.0. The molecular formula is C44H64N2O5. The number of hydrogen-bond donors (Lipinski definition) is 0. The summed E-state index contributed by atoms with van der Waals surface area (Å²) >= 11 is 0. The molecule has 0 radical (unpaired) electrons. The van der Waals surface area contributed by atoms with Crippen molar-refractivity contribution in [1.82, 2.24) is 9.88 Å². The molecule has 5 aliphatic carbocycles. The number of piperidine rings is 1. The molecule has 0 bridgehead atoms. The molecule has 51 heavy (non-hydrogen) atoms. The van der Waals surface area contributed by atoms with Crippen LogP contribution in [0.4, 0.5) is 0 Å². The molecule has 0 amide bonds. The largest absolute Gasteiger partial charge is 0.464 e. The number of ketones is 1. The van der Waals surface area contributed by atoms with Gasteiger partial charge in [0, 0.05) is 43.2 Å². The average Bonchev–Trinajstić information content (AvgIpc) is 3.08. The van der Waals surface area contributed by atoms with E-state index in [2.05, 4.69) is 70.5 Å². The Kier molecular flexibility index (Phi) is 9.24. The maximum absolute atomic E-state index is 14.8. The van der Waals surface area contributed by atoms with Gasteiger partial charge in [-0.1, -0.05) is 59.6 Å². The normalized spacial score (nSPS) is 43.4. The number of likely N-dealkylation sites (tertiary alicyclic amines) is 1. The zero-order valence-electron chi connectivity index (χ0n) is 32.8. The van der Waals surface area contributed by atoms with Gasteiger partial charge in [0.2, 0.25) is 0 Å². The number of carbonyl (C=O) groups excluding carboxylic acids is 3. The van der Waals surface area contributed by atoms with Gasteiger partial charge in [0.15, 0.2) is 5.78 Å². The molecule has 0 aromatic carbocycles. The standard InChI is InChI=1S/C44H64N2O5/c1-29(47)51-36-15-16-42(6)35(39(36,2)3)14-17-44(8)37(42)34(48)26-31-32-27-41(5,19-18-40(32,4)20-21-43(31,44)7)38(49)50-25-24-46-23-10-9-13-33(46)30-12-11-22-45-28-30/h11-12,22,26,28,32-33,35-37H,9-10,13-21,23-25,27H2,1-8H3/t32-,33+,35+,36+,37+,40+,41+,42+,43+,44+/m0/s1. The molecule has 1 aromatic rings. The van der Waals surface area contributed by atoms with E-state index >= 15 is 0 Å². The number of rotatable bonds is 6. The van der Waals surface area contributed by atoms with Gasteiger partial charge in [0.25, 0.3) is 0 Å². The summed E-state index contributed by atoms with van der Waals surface area (Å²) in [5, 5.41) is 0. The summed E-state index contributed by atoms with van der Waals surface area (Å²) in [4.78, 5) is 47.8. The first-order valence-corrected chi connectivity index (χ1v) is 20.2. The van der Waals surface area contributed by atoms with Gasteiger partial charge in [-0.05, 0) is 135 Å². The summed E-state index contributed by atoms with van der Waals surface area (Å²) in [6, 6.07) is 4.50. The van der Waals surface area contributed by atoms with Crippen LogP contribution in [0.5, 0.6) is 0 Å². The fraction of sp³-hybridized carbons (Fsp3) is 0.773. The molecule has 7 heteroatoms. The molecule has 1 aliphatic heterocycles. The first-order valence-electron chi connectivity index (χ1n) is 20.2. The average molecular weight is 701 g/mol. The molecule has 280 valence electrons. The second-order valence-corrected chi connectivity index (χ2v) is 19.7. The quantitative estimate of drug-likeness (QED) is 0.274. The SMILES string of the molecule is CC(=O)O[C@@H]1CC[C@]2(C)[C@H](CC[C@]3(C)[C@@H]2C(=O)C=C2[C@@H]4C[C@](C)(C(=O)OCCN5CCCC[C@@H]5c5cccnc5)CC[C@]4(C)CC[C@]23C)C1(C)C. The Morgan fingerprint density at radius 1 is 0.941 bits per heavy atom. The smallest absolute Gasteiger partial charge is 0.311 e. The molecule has 6 aliphatic rings. The minimum atomic E-state index is -0.572. The number of ether oxygens (including phenoxy) is 2. The highest BCUT2D eigenvalue weighted by Gasteiger charge is 2.70. The van der Waals surface area contributed by atoms with Gasteiger partial charge in [0.05, 0.1) is 5.41 Å². The Morgan fingerprint density at radius 3 is 2.43 bits per heavy atom. The number of pyridine rings is 1. The fourth-order valence-electron chi connectivity index (χ4n) is 13.4. The highest BCUT2D eigenvalue weighted by atomic mass is 16.5. The molecule has 1 saturated heterocycles. The Labute approximate surface area is 307 Å². The van der Waals surface area contributed by atoms with Gasteiger partial charge >= 0.3 is 11.9 Å². The lowest BCUT2D eigenvalue weighted by Gasteiger charge is -2.70. The number of nitrogens with zero attached hydrogens (tertiary/aromatic N) is 2. The van der Waals surface area contributed by atoms with Crippen molar-refractivity contribution in [2.45, 2.75) is 145 Å². The van der Waals surface area contributed by atoms with E-state index in [1.165, 1.54) is 30.9 Å². The minimum absolute atomic E-state index is 0.0652. The van der Waals surface area contributed by atoms with Crippen molar-refractivity contribution in [1.29, 1.82) is 0 Å². The van der Waals surface area contributed by atoms with E-state index in [0.717, 1.165) is 77.3 Å². The van der Waals surface area contributed by atoms with E-state index in [1.807, 2.05) is 18.5 Å². The summed E-state index contributed by atoms with van der Waals surface area (Å²) in [5.74, 6) is 0.430. The van der Waals surface area contributed by atoms with E-state index in [-0.39, 0.29) is 57.0 Å². The minimum Gasteiger partial charge on any atom is -0.464 e. The predicted octanol–water partition coefficient (Wildman–Crippen LogP) is 9.06. The highest BCUT2D eigenvalue weighted by molar-refractivity contribution is 5.95. The molecule has 2 heterocycles. The number of esters is 2. The maximum Gasteiger partial charge on any atom is 0.311 e. The molecule has 7 nitrogen and oxygen atoms in total. The summed E-state index contributed by atoms with van der Waals surface area (Å²) in [7, 11) is 0. The molecule has 10 atom stereocenters. The summed E-state index contributed by atoms with van der Waals surface area (Å²) < 4.78 is 12.1. The first kappa shape index (κ1) is 36.8. The van der Waals surface area contributed by atoms with Crippen LogP contribution in [-0.2, 0) is 23.9 Å². The number of fused-ring (bicyclic) bond motifs is 7. The lowest BCUT2D eigenvalue weighted by molar-refractivity contribution is -0.210. The van der Waals surface area contributed by atoms with Crippen LogP contribution in [0, 0.1) is 50.2 Å². The molecule has 5 fully saturated rings.